The fourth-order valence-corrected chi connectivity index (χ4v) is 5.86. The molecule has 154 valence electrons. The summed E-state index contributed by atoms with van der Waals surface area (Å²) in [5, 5.41) is 17.9. The van der Waals surface area contributed by atoms with Gasteiger partial charge in [-0.15, -0.1) is 21.5 Å². The molecule has 0 unspecified atom stereocenters. The molecule has 3 heterocycles. The molecule has 0 N–H and O–H groups in total. The van der Waals surface area contributed by atoms with Crippen LogP contribution in [0.3, 0.4) is 0 Å². The maximum Gasteiger partial charge on any atom is 0.192 e. The monoisotopic (exact) mass is 480 g/mol. The van der Waals surface area contributed by atoms with Crippen molar-refractivity contribution in [1.29, 1.82) is 0 Å². The van der Waals surface area contributed by atoms with Gasteiger partial charge in [0.25, 0.3) is 0 Å². The number of thioether (sulfide) groups is 1. The molecule has 0 amide bonds. The van der Waals surface area contributed by atoms with Gasteiger partial charge in [-0.25, -0.2) is 4.98 Å². The van der Waals surface area contributed by atoms with Crippen molar-refractivity contribution >= 4 is 46.0 Å². The van der Waals surface area contributed by atoms with E-state index in [9.17, 15) is 0 Å². The number of thiazole rings is 1. The molecule has 5 rings (SSSR count). The van der Waals surface area contributed by atoms with E-state index in [0.717, 1.165) is 33.0 Å². The van der Waals surface area contributed by atoms with E-state index in [1.54, 1.807) is 34.4 Å². The first-order valence-corrected chi connectivity index (χ1v) is 12.8. The Labute approximate surface area is 197 Å². The molecule has 5 aromatic rings. The van der Waals surface area contributed by atoms with Crippen LogP contribution in [0.2, 0.25) is 5.02 Å². The molecule has 0 spiro atoms. The molecule has 0 bridgehead atoms. The van der Waals surface area contributed by atoms with E-state index >= 15 is 0 Å². The van der Waals surface area contributed by atoms with Crippen LogP contribution in [-0.4, -0.2) is 19.7 Å². The molecule has 0 aliphatic heterocycles. The molecular weight excluding hydrogens is 464 g/mol. The topological polar surface area (TPSA) is 43.6 Å². The van der Waals surface area contributed by atoms with Crippen LogP contribution in [0.15, 0.2) is 82.0 Å². The van der Waals surface area contributed by atoms with Crippen molar-refractivity contribution in [3.8, 4) is 22.0 Å². The highest BCUT2D eigenvalue weighted by Crippen LogP contribution is 2.32. The Morgan fingerprint density at radius 2 is 1.77 bits per heavy atom. The smallest absolute Gasteiger partial charge is 0.192 e. The second-order valence-corrected chi connectivity index (χ2v) is 9.79. The summed E-state index contributed by atoms with van der Waals surface area (Å²) >= 11 is 11.5. The fraction of sp³-hybridized carbons (Fsp3) is 0.0870. The quantitative estimate of drug-likeness (QED) is 0.232. The number of halogens is 1. The summed E-state index contributed by atoms with van der Waals surface area (Å²) < 4.78 is 2.13. The summed E-state index contributed by atoms with van der Waals surface area (Å²) in [5.74, 6) is 1.50. The Morgan fingerprint density at radius 3 is 2.58 bits per heavy atom. The molecule has 0 aliphatic carbocycles. The van der Waals surface area contributed by atoms with Gasteiger partial charge in [0.2, 0.25) is 0 Å². The molecular formula is C23H17ClN4S3. The lowest BCUT2D eigenvalue weighted by Crippen LogP contribution is -2.04. The minimum absolute atomic E-state index is 0.667. The second kappa shape index (κ2) is 9.36. The highest BCUT2D eigenvalue weighted by atomic mass is 35.5. The number of aromatic nitrogens is 4. The van der Waals surface area contributed by atoms with Crippen LogP contribution >= 0.6 is 46.0 Å². The van der Waals surface area contributed by atoms with Crippen molar-refractivity contribution in [3.05, 3.63) is 93.1 Å². The third kappa shape index (κ3) is 4.60. The van der Waals surface area contributed by atoms with Gasteiger partial charge in [-0.1, -0.05) is 65.8 Å². The Hall–Kier alpha value is -2.45. The van der Waals surface area contributed by atoms with E-state index in [1.807, 2.05) is 42.5 Å². The lowest BCUT2D eigenvalue weighted by atomic mass is 10.2. The zero-order chi connectivity index (χ0) is 21.0. The number of nitrogens with zero attached hydrogens (tertiary/aromatic N) is 4. The van der Waals surface area contributed by atoms with Gasteiger partial charge in [-0.3, -0.25) is 4.57 Å². The summed E-state index contributed by atoms with van der Waals surface area (Å²) in [6, 6.07) is 20.2. The summed E-state index contributed by atoms with van der Waals surface area (Å²) in [4.78, 5) is 4.79. The molecule has 0 aliphatic rings. The van der Waals surface area contributed by atoms with Crippen molar-refractivity contribution in [2.45, 2.75) is 17.5 Å². The zero-order valence-corrected chi connectivity index (χ0v) is 19.5. The van der Waals surface area contributed by atoms with Gasteiger partial charge in [0.05, 0.1) is 17.3 Å². The zero-order valence-electron chi connectivity index (χ0n) is 16.3. The predicted octanol–water partition coefficient (Wildman–Crippen LogP) is 7.12. The Balaban J connectivity index is 1.43. The first-order valence-electron chi connectivity index (χ1n) is 9.60. The first-order chi connectivity index (χ1) is 15.3. The molecule has 2 aromatic carbocycles. The third-order valence-electron chi connectivity index (χ3n) is 4.68. The number of thiophene rings is 1. The minimum atomic E-state index is 0.667. The van der Waals surface area contributed by atoms with E-state index in [-0.39, 0.29) is 0 Å². The predicted molar refractivity (Wildman–Crippen MR) is 131 cm³/mol. The van der Waals surface area contributed by atoms with Gasteiger partial charge < -0.3 is 0 Å². The molecule has 0 saturated carbocycles. The fourth-order valence-electron chi connectivity index (χ4n) is 3.18. The lowest BCUT2D eigenvalue weighted by molar-refractivity contribution is 0.714. The minimum Gasteiger partial charge on any atom is -0.297 e. The van der Waals surface area contributed by atoms with Crippen molar-refractivity contribution in [3.63, 3.8) is 0 Å². The van der Waals surface area contributed by atoms with E-state index in [2.05, 4.69) is 49.1 Å². The first kappa shape index (κ1) is 20.5. The van der Waals surface area contributed by atoms with Crippen LogP contribution in [0.25, 0.3) is 22.0 Å². The summed E-state index contributed by atoms with van der Waals surface area (Å²) in [6.45, 7) is 0.675. The van der Waals surface area contributed by atoms with Crippen LogP contribution in [-0.2, 0) is 12.3 Å². The molecule has 4 nitrogen and oxygen atoms in total. The van der Waals surface area contributed by atoms with Crippen LogP contribution < -0.4 is 0 Å². The van der Waals surface area contributed by atoms with Gasteiger partial charge in [0, 0.05) is 27.6 Å². The van der Waals surface area contributed by atoms with Crippen LogP contribution in [0.4, 0.5) is 0 Å². The van der Waals surface area contributed by atoms with Gasteiger partial charge in [-0.05, 0) is 29.1 Å². The molecule has 0 radical (unpaired) electrons. The third-order valence-corrected chi connectivity index (χ3v) is 7.64. The summed E-state index contributed by atoms with van der Waals surface area (Å²) in [6.07, 6.45) is 0. The maximum atomic E-state index is 6.47. The SMILES string of the molecule is Clc1ccccc1-c1nnc(SCc2csc(-c3ccsc3)n2)n1Cc1ccccc1. The normalized spacial score (nSPS) is 11.1. The molecule has 0 saturated heterocycles. The van der Waals surface area contributed by atoms with E-state index in [4.69, 9.17) is 16.6 Å². The average molecular weight is 481 g/mol. The van der Waals surface area contributed by atoms with Gasteiger partial charge in [0.15, 0.2) is 11.0 Å². The van der Waals surface area contributed by atoms with Gasteiger partial charge in [-0.2, -0.15) is 11.3 Å². The Bertz CT molecular complexity index is 1280. The number of rotatable bonds is 7. The molecule has 0 fully saturated rings. The standard InChI is InChI=1S/C23H17ClN4S3/c24-20-9-5-4-8-19(20)21-26-27-23(28(21)12-16-6-2-1-3-7-16)31-15-18-14-30-22(25-18)17-10-11-29-13-17/h1-11,13-14H,12,15H2. The number of benzene rings is 2. The number of hydrogen-bond donors (Lipinski definition) is 0. The van der Waals surface area contributed by atoms with Crippen molar-refractivity contribution in [2.24, 2.45) is 0 Å². The second-order valence-electron chi connectivity index (χ2n) is 6.80. The highest BCUT2D eigenvalue weighted by Gasteiger charge is 2.17. The Kier molecular flexibility index (Phi) is 6.18. The van der Waals surface area contributed by atoms with Gasteiger partial charge >= 0.3 is 0 Å². The summed E-state index contributed by atoms with van der Waals surface area (Å²) in [5.41, 5.74) is 4.29. The van der Waals surface area contributed by atoms with Crippen LogP contribution in [0.5, 0.6) is 0 Å². The summed E-state index contributed by atoms with van der Waals surface area (Å²) in [7, 11) is 0. The molecule has 3 aromatic heterocycles. The van der Waals surface area contributed by atoms with Crippen LogP contribution in [0, 0.1) is 0 Å². The van der Waals surface area contributed by atoms with Crippen molar-refractivity contribution in [1.82, 2.24) is 19.7 Å². The highest BCUT2D eigenvalue weighted by molar-refractivity contribution is 7.98. The van der Waals surface area contributed by atoms with E-state index in [0.29, 0.717) is 11.6 Å². The van der Waals surface area contributed by atoms with Crippen LogP contribution in [0.1, 0.15) is 11.3 Å². The average Bonchev–Trinajstić information content (AvgIpc) is 3.55. The molecule has 8 heteroatoms. The number of hydrogen-bond acceptors (Lipinski definition) is 6. The van der Waals surface area contributed by atoms with E-state index < -0.39 is 0 Å². The van der Waals surface area contributed by atoms with Gasteiger partial charge in [0.1, 0.15) is 5.01 Å². The van der Waals surface area contributed by atoms with E-state index in [1.165, 1.54) is 11.1 Å². The largest absolute Gasteiger partial charge is 0.297 e. The van der Waals surface area contributed by atoms with Crippen molar-refractivity contribution < 1.29 is 0 Å². The Morgan fingerprint density at radius 1 is 0.935 bits per heavy atom. The lowest BCUT2D eigenvalue weighted by Gasteiger charge is -2.11. The molecule has 0 atom stereocenters. The van der Waals surface area contributed by atoms with Crippen molar-refractivity contribution in [2.75, 3.05) is 0 Å². The molecule has 31 heavy (non-hydrogen) atoms. The maximum absolute atomic E-state index is 6.47.